The molecule has 1 heteroatoms. The Kier molecular flexibility index (Phi) is 2.64. The van der Waals surface area contributed by atoms with E-state index in [0.717, 1.165) is 18.4 Å². The highest BCUT2D eigenvalue weighted by Gasteiger charge is 2.19. The van der Waals surface area contributed by atoms with Crippen LogP contribution >= 0.6 is 0 Å². The largest absolute Gasteiger partial charge is 0.295 e. The summed E-state index contributed by atoms with van der Waals surface area (Å²) in [5, 5.41) is 0. The maximum absolute atomic E-state index is 11.2. The van der Waals surface area contributed by atoms with Crippen molar-refractivity contribution >= 4 is 5.78 Å². The van der Waals surface area contributed by atoms with Crippen LogP contribution in [0, 0.1) is 6.42 Å². The molecule has 1 rings (SSSR count). The molecule has 0 spiro atoms. The van der Waals surface area contributed by atoms with Crippen molar-refractivity contribution in [2.24, 2.45) is 0 Å². The average molecular weight is 149 g/mol. The van der Waals surface area contributed by atoms with Crippen molar-refractivity contribution in [2.45, 2.75) is 26.2 Å². The molecule has 1 nitrogen and oxygen atoms in total. The highest BCUT2D eigenvalue weighted by atomic mass is 16.1. The molecule has 0 aromatic carbocycles. The van der Waals surface area contributed by atoms with E-state index in [1.165, 1.54) is 5.57 Å². The SMILES string of the molecule is C=CCC1=C(CC)[CH]CC1=O. The second kappa shape index (κ2) is 3.51. The molecule has 0 aromatic heterocycles. The number of carbonyl (C=O) groups excluding carboxylic acids is 1. The van der Waals surface area contributed by atoms with E-state index in [-0.39, 0.29) is 5.78 Å². The van der Waals surface area contributed by atoms with Gasteiger partial charge in [0.1, 0.15) is 0 Å². The Morgan fingerprint density at radius 1 is 1.73 bits per heavy atom. The summed E-state index contributed by atoms with van der Waals surface area (Å²) in [5.41, 5.74) is 2.19. The molecule has 0 atom stereocenters. The summed E-state index contributed by atoms with van der Waals surface area (Å²) in [6, 6.07) is 0. The highest BCUT2D eigenvalue weighted by molar-refractivity contribution is 6.00. The van der Waals surface area contributed by atoms with Crippen LogP contribution < -0.4 is 0 Å². The molecule has 0 saturated heterocycles. The maximum atomic E-state index is 11.2. The van der Waals surface area contributed by atoms with Gasteiger partial charge in [-0.1, -0.05) is 18.6 Å². The lowest BCUT2D eigenvalue weighted by Crippen LogP contribution is -1.94. The zero-order chi connectivity index (χ0) is 8.27. The summed E-state index contributed by atoms with van der Waals surface area (Å²) in [5.74, 6) is 0.279. The van der Waals surface area contributed by atoms with Crippen LogP contribution in [0.4, 0.5) is 0 Å². The van der Waals surface area contributed by atoms with Crippen molar-refractivity contribution in [3.05, 3.63) is 30.2 Å². The predicted molar refractivity (Wildman–Crippen MR) is 46.1 cm³/mol. The molecular formula is C10H13O. The van der Waals surface area contributed by atoms with Crippen LogP contribution in [-0.4, -0.2) is 5.78 Å². The van der Waals surface area contributed by atoms with Crippen molar-refractivity contribution in [2.75, 3.05) is 0 Å². The highest BCUT2D eigenvalue weighted by Crippen LogP contribution is 2.26. The second-order valence-electron chi connectivity index (χ2n) is 2.68. The summed E-state index contributed by atoms with van der Waals surface area (Å²) in [4.78, 5) is 11.2. The Bertz CT molecular complexity index is 211. The standard InChI is InChI=1S/C10H13O/c1-3-5-9-8(4-2)6-7-10(9)11/h3,6H,1,4-5,7H2,2H3. The fourth-order valence-electron chi connectivity index (χ4n) is 1.39. The van der Waals surface area contributed by atoms with Gasteiger partial charge < -0.3 is 0 Å². The molecule has 59 valence electrons. The predicted octanol–water partition coefficient (Wildman–Crippen LogP) is 2.45. The fraction of sp³-hybridized carbons (Fsp3) is 0.400. The quantitative estimate of drug-likeness (QED) is 0.563. The van der Waals surface area contributed by atoms with Gasteiger partial charge in [0.2, 0.25) is 0 Å². The van der Waals surface area contributed by atoms with Gasteiger partial charge in [-0.2, -0.15) is 0 Å². The van der Waals surface area contributed by atoms with E-state index in [4.69, 9.17) is 0 Å². The van der Waals surface area contributed by atoms with Crippen LogP contribution in [0.3, 0.4) is 0 Å². The lowest BCUT2D eigenvalue weighted by atomic mass is 10.1. The van der Waals surface area contributed by atoms with Crippen LogP contribution in [0.2, 0.25) is 0 Å². The van der Waals surface area contributed by atoms with Crippen LogP contribution in [0.1, 0.15) is 26.2 Å². The Morgan fingerprint density at radius 2 is 2.45 bits per heavy atom. The van der Waals surface area contributed by atoms with Crippen molar-refractivity contribution in [3.63, 3.8) is 0 Å². The summed E-state index contributed by atoms with van der Waals surface area (Å²) in [6.45, 7) is 5.70. The van der Waals surface area contributed by atoms with E-state index < -0.39 is 0 Å². The van der Waals surface area contributed by atoms with E-state index >= 15 is 0 Å². The van der Waals surface area contributed by atoms with E-state index in [0.29, 0.717) is 6.42 Å². The Morgan fingerprint density at radius 3 is 3.00 bits per heavy atom. The van der Waals surface area contributed by atoms with E-state index in [1.54, 1.807) is 6.08 Å². The number of hydrogen-bond donors (Lipinski definition) is 0. The summed E-state index contributed by atoms with van der Waals surface area (Å²) in [7, 11) is 0. The average Bonchev–Trinajstić information content (AvgIpc) is 2.34. The Hall–Kier alpha value is -0.850. The van der Waals surface area contributed by atoms with Gasteiger partial charge in [-0.3, -0.25) is 4.79 Å². The van der Waals surface area contributed by atoms with Gasteiger partial charge in [0.25, 0.3) is 0 Å². The van der Waals surface area contributed by atoms with Crippen LogP contribution in [-0.2, 0) is 4.79 Å². The molecule has 1 radical (unpaired) electrons. The first-order chi connectivity index (χ1) is 5.29. The first-order valence-electron chi connectivity index (χ1n) is 3.99. The third-order valence-corrected chi connectivity index (χ3v) is 1.99. The van der Waals surface area contributed by atoms with Crippen molar-refractivity contribution in [1.82, 2.24) is 0 Å². The minimum atomic E-state index is 0.279. The van der Waals surface area contributed by atoms with E-state index in [1.807, 2.05) is 6.42 Å². The van der Waals surface area contributed by atoms with Gasteiger partial charge in [-0.05, 0) is 24.8 Å². The summed E-state index contributed by atoms with van der Waals surface area (Å²) < 4.78 is 0. The monoisotopic (exact) mass is 149 g/mol. The topological polar surface area (TPSA) is 17.1 Å². The van der Waals surface area contributed by atoms with Gasteiger partial charge in [0.05, 0.1) is 0 Å². The molecule has 0 aromatic rings. The molecule has 0 N–H and O–H groups in total. The fourth-order valence-corrected chi connectivity index (χ4v) is 1.39. The molecule has 0 unspecified atom stereocenters. The minimum Gasteiger partial charge on any atom is -0.295 e. The number of rotatable bonds is 3. The molecule has 0 heterocycles. The molecule has 1 aliphatic rings. The van der Waals surface area contributed by atoms with Crippen molar-refractivity contribution in [3.8, 4) is 0 Å². The minimum absolute atomic E-state index is 0.279. The van der Waals surface area contributed by atoms with Crippen LogP contribution in [0.5, 0.6) is 0 Å². The zero-order valence-corrected chi connectivity index (χ0v) is 6.89. The van der Waals surface area contributed by atoms with Gasteiger partial charge in [0, 0.05) is 6.42 Å². The summed E-state index contributed by atoms with van der Waals surface area (Å²) in [6.07, 6.45) is 6.13. The molecule has 0 bridgehead atoms. The molecule has 0 saturated carbocycles. The third kappa shape index (κ3) is 1.59. The van der Waals surface area contributed by atoms with Gasteiger partial charge in [0.15, 0.2) is 5.78 Å². The van der Waals surface area contributed by atoms with Crippen molar-refractivity contribution < 1.29 is 4.79 Å². The van der Waals surface area contributed by atoms with Gasteiger partial charge >= 0.3 is 0 Å². The van der Waals surface area contributed by atoms with E-state index in [9.17, 15) is 4.79 Å². The molecule has 0 amide bonds. The van der Waals surface area contributed by atoms with Crippen molar-refractivity contribution in [1.29, 1.82) is 0 Å². The number of Topliss-reactive ketones (excluding diaryl/α,β-unsaturated/α-hetero) is 1. The maximum Gasteiger partial charge on any atom is 0.159 e. The summed E-state index contributed by atoms with van der Waals surface area (Å²) >= 11 is 0. The molecular weight excluding hydrogens is 136 g/mol. The van der Waals surface area contributed by atoms with E-state index in [2.05, 4.69) is 13.5 Å². The van der Waals surface area contributed by atoms with Gasteiger partial charge in [-0.15, -0.1) is 6.58 Å². The molecule has 11 heavy (non-hydrogen) atoms. The molecule has 0 fully saturated rings. The number of ketones is 1. The van der Waals surface area contributed by atoms with Crippen LogP contribution in [0.25, 0.3) is 0 Å². The smallest absolute Gasteiger partial charge is 0.159 e. The number of hydrogen-bond acceptors (Lipinski definition) is 1. The van der Waals surface area contributed by atoms with Gasteiger partial charge in [-0.25, -0.2) is 0 Å². The normalized spacial score (nSPS) is 17.7. The number of allylic oxidation sites excluding steroid dienone is 3. The zero-order valence-electron chi connectivity index (χ0n) is 6.89. The first kappa shape index (κ1) is 8.25. The Balaban J connectivity index is 2.80. The lowest BCUT2D eigenvalue weighted by Gasteiger charge is -1.98. The second-order valence-corrected chi connectivity index (χ2v) is 2.68. The lowest BCUT2D eigenvalue weighted by molar-refractivity contribution is -0.114. The molecule has 0 aliphatic heterocycles. The number of carbonyl (C=O) groups is 1. The Labute approximate surface area is 67.8 Å². The van der Waals surface area contributed by atoms with Crippen LogP contribution in [0.15, 0.2) is 23.8 Å². The molecule has 1 aliphatic carbocycles. The third-order valence-electron chi connectivity index (χ3n) is 1.99. The first-order valence-corrected chi connectivity index (χ1v) is 3.99.